The molecule has 0 saturated carbocycles. The van der Waals surface area contributed by atoms with Crippen molar-refractivity contribution in [3.8, 4) is 0 Å². The van der Waals surface area contributed by atoms with Gasteiger partial charge in [0.05, 0.1) is 10.5 Å². The van der Waals surface area contributed by atoms with Crippen molar-refractivity contribution in [2.24, 2.45) is 0 Å². The maximum absolute atomic E-state index is 12.6. The second-order valence-corrected chi connectivity index (χ2v) is 10.1. The number of sulfonamides is 1. The van der Waals surface area contributed by atoms with Crippen LogP contribution in [-0.4, -0.2) is 43.8 Å². The van der Waals surface area contributed by atoms with Crippen LogP contribution < -0.4 is 10.0 Å². The molecular weight excluding hydrogens is 482 g/mol. The molecule has 2 aromatic rings. The van der Waals surface area contributed by atoms with Crippen molar-refractivity contribution >= 4 is 27.8 Å². The maximum Gasteiger partial charge on any atom is 0.357 e. The van der Waals surface area contributed by atoms with Gasteiger partial charge < -0.3 is 10.1 Å². The lowest BCUT2D eigenvalue weighted by Gasteiger charge is -2.16. The lowest BCUT2D eigenvalue weighted by Crippen LogP contribution is -2.30. The van der Waals surface area contributed by atoms with E-state index in [0.717, 1.165) is 43.9 Å². The minimum absolute atomic E-state index is 0.00627. The molecule has 0 fully saturated rings. The molecule has 0 atom stereocenters. The fraction of sp³-hybridized carbons (Fsp3) is 0.462. The fourth-order valence-electron chi connectivity index (χ4n) is 3.50. The molecule has 0 saturated heterocycles. The van der Waals surface area contributed by atoms with Crippen molar-refractivity contribution in [2.45, 2.75) is 76.7 Å². The smallest absolute Gasteiger partial charge is 0.357 e. The van der Waals surface area contributed by atoms with Crippen molar-refractivity contribution in [1.82, 2.24) is 15.0 Å². The zero-order valence-electron chi connectivity index (χ0n) is 21.1. The molecule has 0 aliphatic carbocycles. The van der Waals surface area contributed by atoms with Crippen LogP contribution in [0.2, 0.25) is 0 Å². The van der Waals surface area contributed by atoms with Crippen LogP contribution in [0.1, 0.15) is 85.7 Å². The van der Waals surface area contributed by atoms with Crippen molar-refractivity contribution < 1.29 is 27.5 Å². The normalized spacial score (nSPS) is 11.2. The van der Waals surface area contributed by atoms with Crippen LogP contribution in [0.3, 0.4) is 0 Å². The molecular formula is C26H35N3O6S. The van der Waals surface area contributed by atoms with E-state index in [4.69, 9.17) is 4.74 Å². The van der Waals surface area contributed by atoms with Crippen LogP contribution in [0.5, 0.6) is 0 Å². The summed E-state index contributed by atoms with van der Waals surface area (Å²) in [5, 5.41) is 2.80. The molecule has 0 spiro atoms. The molecule has 196 valence electrons. The number of pyridine rings is 1. The van der Waals surface area contributed by atoms with Crippen molar-refractivity contribution in [3.05, 3.63) is 59.4 Å². The summed E-state index contributed by atoms with van der Waals surface area (Å²) in [7, 11) is -4.11. The minimum atomic E-state index is -4.11. The van der Waals surface area contributed by atoms with E-state index in [1.807, 2.05) is 25.5 Å². The van der Waals surface area contributed by atoms with Gasteiger partial charge >= 0.3 is 5.97 Å². The summed E-state index contributed by atoms with van der Waals surface area (Å²) >= 11 is 0. The third-order valence-corrected chi connectivity index (χ3v) is 6.75. The first kappa shape index (κ1) is 29.0. The minimum Gasteiger partial charge on any atom is -0.458 e. The number of nitrogens with one attached hydrogen (secondary N) is 2. The second-order valence-electron chi connectivity index (χ2n) is 8.47. The highest BCUT2D eigenvalue weighted by Crippen LogP contribution is 2.14. The van der Waals surface area contributed by atoms with Gasteiger partial charge in [0.25, 0.3) is 15.9 Å². The average Bonchev–Trinajstić information content (AvgIpc) is 2.84. The van der Waals surface area contributed by atoms with Crippen LogP contribution in [-0.2, 0) is 26.0 Å². The molecule has 0 unspecified atom stereocenters. The SMILES string of the molecule is CCCC(=O)NCCc1ccc(S(=O)(=O)NC(=O)c2ccc(C(=O)OC(CCC)CCC)nc2)cc1. The fourth-order valence-corrected chi connectivity index (χ4v) is 4.48. The van der Waals surface area contributed by atoms with Gasteiger partial charge in [0.2, 0.25) is 5.91 Å². The summed E-state index contributed by atoms with van der Waals surface area (Å²) in [5.74, 6) is -1.46. The number of ether oxygens (including phenoxy) is 1. The van der Waals surface area contributed by atoms with Crippen LogP contribution in [0.15, 0.2) is 47.5 Å². The first-order valence-corrected chi connectivity index (χ1v) is 13.8. The molecule has 0 bridgehead atoms. The van der Waals surface area contributed by atoms with E-state index >= 15 is 0 Å². The molecule has 2 N–H and O–H groups in total. The molecule has 1 aromatic heterocycles. The summed E-state index contributed by atoms with van der Waals surface area (Å²) in [6, 6.07) is 8.75. The van der Waals surface area contributed by atoms with Gasteiger partial charge in [0.15, 0.2) is 0 Å². The molecule has 0 aliphatic heterocycles. The number of carbonyl (C=O) groups excluding carboxylic acids is 3. The van der Waals surface area contributed by atoms with E-state index in [-0.39, 0.29) is 28.2 Å². The van der Waals surface area contributed by atoms with Crippen LogP contribution in [0.4, 0.5) is 0 Å². The maximum atomic E-state index is 12.6. The number of esters is 1. The predicted molar refractivity (Wildman–Crippen MR) is 136 cm³/mol. The Morgan fingerprint density at radius 3 is 2.17 bits per heavy atom. The highest BCUT2D eigenvalue weighted by molar-refractivity contribution is 7.90. The summed E-state index contributed by atoms with van der Waals surface area (Å²) < 4.78 is 32.8. The Bertz CT molecular complexity index is 1110. The van der Waals surface area contributed by atoms with Crippen molar-refractivity contribution in [1.29, 1.82) is 0 Å². The zero-order chi connectivity index (χ0) is 26.6. The Labute approximate surface area is 213 Å². The predicted octanol–water partition coefficient (Wildman–Crippen LogP) is 3.78. The third kappa shape index (κ3) is 9.07. The zero-order valence-corrected chi connectivity index (χ0v) is 21.9. The Morgan fingerprint density at radius 2 is 1.61 bits per heavy atom. The van der Waals surface area contributed by atoms with E-state index in [9.17, 15) is 22.8 Å². The van der Waals surface area contributed by atoms with Gasteiger partial charge in [-0.15, -0.1) is 0 Å². The monoisotopic (exact) mass is 517 g/mol. The Hall–Kier alpha value is -3.27. The largest absolute Gasteiger partial charge is 0.458 e. The van der Waals surface area contributed by atoms with E-state index in [1.165, 1.54) is 24.3 Å². The summed E-state index contributed by atoms with van der Waals surface area (Å²) in [6.07, 6.45) is 6.05. The number of benzene rings is 1. The number of nitrogens with zero attached hydrogens (tertiary/aromatic N) is 1. The number of rotatable bonds is 14. The van der Waals surface area contributed by atoms with E-state index < -0.39 is 21.9 Å². The summed E-state index contributed by atoms with van der Waals surface area (Å²) in [4.78, 5) is 40.3. The van der Waals surface area contributed by atoms with Gasteiger partial charge in [-0.05, 0) is 55.5 Å². The van der Waals surface area contributed by atoms with Gasteiger partial charge in [0, 0.05) is 19.2 Å². The lowest BCUT2D eigenvalue weighted by molar-refractivity contribution is -0.121. The Balaban J connectivity index is 1.96. The standard InChI is InChI=1S/C26H35N3O6S/c1-4-7-21(8-5-2)35-26(32)23-15-12-20(18-28-23)25(31)29-36(33,34)22-13-10-19(11-14-22)16-17-27-24(30)9-6-3/h10-15,18,21H,4-9,16-17H2,1-3H3,(H,27,30)(H,29,31). The van der Waals surface area contributed by atoms with Crippen molar-refractivity contribution in [3.63, 3.8) is 0 Å². The highest BCUT2D eigenvalue weighted by atomic mass is 32.2. The number of amides is 2. The van der Waals surface area contributed by atoms with E-state index in [0.29, 0.717) is 19.4 Å². The third-order valence-electron chi connectivity index (χ3n) is 5.40. The molecule has 1 aromatic carbocycles. The van der Waals surface area contributed by atoms with Crippen LogP contribution in [0.25, 0.3) is 0 Å². The molecule has 1 heterocycles. The molecule has 9 nitrogen and oxygen atoms in total. The molecule has 0 radical (unpaired) electrons. The average molecular weight is 518 g/mol. The Kier molecular flexibility index (Phi) is 11.5. The van der Waals surface area contributed by atoms with Crippen LogP contribution >= 0.6 is 0 Å². The van der Waals surface area contributed by atoms with Gasteiger partial charge in [-0.1, -0.05) is 45.7 Å². The van der Waals surface area contributed by atoms with E-state index in [1.54, 1.807) is 12.1 Å². The Morgan fingerprint density at radius 1 is 0.944 bits per heavy atom. The summed E-state index contributed by atoms with van der Waals surface area (Å²) in [5.41, 5.74) is 0.894. The first-order valence-electron chi connectivity index (χ1n) is 12.3. The summed E-state index contributed by atoms with van der Waals surface area (Å²) in [6.45, 7) is 6.41. The van der Waals surface area contributed by atoms with Crippen LogP contribution in [0, 0.1) is 0 Å². The first-order chi connectivity index (χ1) is 17.2. The molecule has 2 rings (SSSR count). The van der Waals surface area contributed by atoms with Gasteiger partial charge in [-0.25, -0.2) is 22.9 Å². The molecule has 0 aliphatic rings. The quantitative estimate of drug-likeness (QED) is 0.365. The number of carbonyl (C=O) groups is 3. The number of hydrogen-bond acceptors (Lipinski definition) is 7. The molecule has 2 amide bonds. The van der Waals surface area contributed by atoms with Gasteiger partial charge in [-0.3, -0.25) is 9.59 Å². The number of hydrogen-bond donors (Lipinski definition) is 2. The second kappa shape index (κ2) is 14.3. The van der Waals surface area contributed by atoms with Gasteiger partial charge in [-0.2, -0.15) is 0 Å². The van der Waals surface area contributed by atoms with E-state index in [2.05, 4.69) is 10.3 Å². The number of aromatic nitrogens is 1. The topological polar surface area (TPSA) is 132 Å². The molecule has 10 heteroatoms. The van der Waals surface area contributed by atoms with Crippen molar-refractivity contribution in [2.75, 3.05) is 6.54 Å². The lowest BCUT2D eigenvalue weighted by atomic mass is 10.1. The highest BCUT2D eigenvalue weighted by Gasteiger charge is 2.20. The molecule has 36 heavy (non-hydrogen) atoms. The van der Waals surface area contributed by atoms with Gasteiger partial charge in [0.1, 0.15) is 11.8 Å².